The molecule has 2 aromatic heterocycles. The maximum absolute atomic E-state index is 12.6. The van der Waals surface area contributed by atoms with Gasteiger partial charge in [0.05, 0.1) is 17.1 Å². The van der Waals surface area contributed by atoms with E-state index in [0.29, 0.717) is 18.3 Å². The number of nitrogens with one attached hydrogen (secondary N) is 2. The molecule has 1 saturated carbocycles. The van der Waals surface area contributed by atoms with Crippen LogP contribution in [0.3, 0.4) is 0 Å². The molecule has 0 spiro atoms. The highest BCUT2D eigenvalue weighted by Gasteiger charge is 2.32. The van der Waals surface area contributed by atoms with Crippen LogP contribution in [0, 0.1) is 5.92 Å². The Bertz CT molecular complexity index is 810. The van der Waals surface area contributed by atoms with Crippen LogP contribution in [0.5, 0.6) is 0 Å². The van der Waals surface area contributed by atoms with Crippen molar-refractivity contribution in [3.05, 3.63) is 29.5 Å². The predicted octanol–water partition coefficient (Wildman–Crippen LogP) is 2.86. The number of rotatable bonds is 5. The first-order chi connectivity index (χ1) is 13.7. The van der Waals surface area contributed by atoms with E-state index in [9.17, 15) is 4.79 Å². The minimum absolute atomic E-state index is 0.232. The van der Waals surface area contributed by atoms with Crippen molar-refractivity contribution in [1.29, 1.82) is 0 Å². The number of thiophene rings is 1. The number of aliphatic imine (C=N–C) groups is 1. The average Bonchev–Trinajstić information content (AvgIpc) is 3.50. The first-order valence-corrected chi connectivity index (χ1v) is 10.8. The third-order valence-corrected chi connectivity index (χ3v) is 6.35. The number of amides is 1. The van der Waals surface area contributed by atoms with Gasteiger partial charge in [0, 0.05) is 32.1 Å². The lowest BCUT2D eigenvalue weighted by Crippen LogP contribution is -2.45. The van der Waals surface area contributed by atoms with Crippen molar-refractivity contribution >= 4 is 23.2 Å². The first kappa shape index (κ1) is 19.0. The Morgan fingerprint density at radius 2 is 2.25 bits per heavy atom. The van der Waals surface area contributed by atoms with Gasteiger partial charge in [-0.05, 0) is 30.7 Å². The minimum atomic E-state index is 0.232. The fourth-order valence-electron chi connectivity index (χ4n) is 3.97. The molecule has 1 unspecified atom stereocenters. The molecule has 1 aliphatic carbocycles. The number of aromatic nitrogens is 1. The number of guanidine groups is 1. The molecule has 3 heterocycles. The van der Waals surface area contributed by atoms with E-state index in [1.54, 1.807) is 24.6 Å². The molecular formula is C20H27N5O2S. The quantitative estimate of drug-likeness (QED) is 0.595. The van der Waals surface area contributed by atoms with Gasteiger partial charge in [-0.15, -0.1) is 11.3 Å². The molecule has 0 radical (unpaired) electrons. The molecule has 1 saturated heterocycles. The predicted molar refractivity (Wildman–Crippen MR) is 110 cm³/mol. The van der Waals surface area contributed by atoms with Crippen LogP contribution < -0.4 is 10.6 Å². The fraction of sp³-hybridized carbons (Fsp3) is 0.550. The van der Waals surface area contributed by atoms with Gasteiger partial charge in [0.2, 0.25) is 11.8 Å². The standard InChI is InChI=1S/C20H27N5O2S/c1-21-20(22-11-16-13-27-18(23-16)17-7-4-10-28-17)24-15-8-9-25(12-15)19(26)14-5-2-3-6-14/h4,7,10,13-15H,2-3,5-6,8-9,11-12H2,1H3,(H2,21,22,24). The van der Waals surface area contributed by atoms with Crippen molar-refractivity contribution in [2.75, 3.05) is 20.1 Å². The summed E-state index contributed by atoms with van der Waals surface area (Å²) in [6, 6.07) is 4.21. The second-order valence-corrected chi connectivity index (χ2v) is 8.39. The Kier molecular flexibility index (Phi) is 5.95. The third-order valence-electron chi connectivity index (χ3n) is 5.49. The van der Waals surface area contributed by atoms with Crippen LogP contribution in [-0.4, -0.2) is 47.9 Å². The van der Waals surface area contributed by atoms with Gasteiger partial charge in [0.25, 0.3) is 0 Å². The van der Waals surface area contributed by atoms with Gasteiger partial charge in [0.1, 0.15) is 6.26 Å². The molecule has 0 aromatic carbocycles. The number of hydrogen-bond acceptors (Lipinski definition) is 5. The summed E-state index contributed by atoms with van der Waals surface area (Å²) < 4.78 is 5.55. The summed E-state index contributed by atoms with van der Waals surface area (Å²) in [7, 11) is 1.76. The molecule has 1 atom stereocenters. The minimum Gasteiger partial charge on any atom is -0.443 e. The lowest BCUT2D eigenvalue weighted by Gasteiger charge is -2.21. The van der Waals surface area contributed by atoms with E-state index in [2.05, 4.69) is 20.6 Å². The van der Waals surface area contributed by atoms with Crippen molar-refractivity contribution in [2.45, 2.75) is 44.7 Å². The molecule has 7 nitrogen and oxygen atoms in total. The van der Waals surface area contributed by atoms with Crippen molar-refractivity contribution in [3.63, 3.8) is 0 Å². The summed E-state index contributed by atoms with van der Waals surface area (Å²) in [5.41, 5.74) is 0.829. The fourth-order valence-corrected chi connectivity index (χ4v) is 4.63. The lowest BCUT2D eigenvalue weighted by molar-refractivity contribution is -0.134. The molecule has 8 heteroatoms. The second kappa shape index (κ2) is 8.77. The van der Waals surface area contributed by atoms with Crippen molar-refractivity contribution in [3.8, 4) is 10.8 Å². The Labute approximate surface area is 169 Å². The topological polar surface area (TPSA) is 82.8 Å². The zero-order valence-corrected chi connectivity index (χ0v) is 17.0. The zero-order valence-electron chi connectivity index (χ0n) is 16.2. The van der Waals surface area contributed by atoms with Gasteiger partial charge in [0.15, 0.2) is 5.96 Å². The van der Waals surface area contributed by atoms with E-state index in [4.69, 9.17) is 4.42 Å². The molecule has 28 heavy (non-hydrogen) atoms. The van der Waals surface area contributed by atoms with Crippen LogP contribution in [0.1, 0.15) is 37.8 Å². The molecule has 2 N–H and O–H groups in total. The van der Waals surface area contributed by atoms with Gasteiger partial charge in [-0.25, -0.2) is 4.98 Å². The number of oxazole rings is 1. The Morgan fingerprint density at radius 1 is 1.39 bits per heavy atom. The number of hydrogen-bond donors (Lipinski definition) is 2. The van der Waals surface area contributed by atoms with E-state index < -0.39 is 0 Å². The van der Waals surface area contributed by atoms with E-state index in [-0.39, 0.29) is 12.0 Å². The molecular weight excluding hydrogens is 374 g/mol. The maximum Gasteiger partial charge on any atom is 0.236 e. The maximum atomic E-state index is 12.6. The molecule has 2 aromatic rings. The Morgan fingerprint density at radius 3 is 3.00 bits per heavy atom. The van der Waals surface area contributed by atoms with E-state index in [1.807, 2.05) is 22.4 Å². The SMILES string of the molecule is CN=C(NCc1coc(-c2cccs2)n1)NC1CCN(C(=O)C2CCCC2)C1. The molecule has 2 aliphatic rings. The van der Waals surface area contributed by atoms with Crippen LogP contribution in [-0.2, 0) is 11.3 Å². The van der Waals surface area contributed by atoms with Gasteiger partial charge in [-0.1, -0.05) is 18.9 Å². The van der Waals surface area contributed by atoms with Crippen LogP contribution in [0.15, 0.2) is 33.2 Å². The zero-order chi connectivity index (χ0) is 19.3. The summed E-state index contributed by atoms with van der Waals surface area (Å²) in [6.07, 6.45) is 7.12. The number of carbonyl (C=O) groups excluding carboxylic acids is 1. The second-order valence-electron chi connectivity index (χ2n) is 7.44. The molecule has 2 fully saturated rings. The molecule has 1 amide bonds. The molecule has 150 valence electrons. The smallest absolute Gasteiger partial charge is 0.236 e. The summed E-state index contributed by atoms with van der Waals surface area (Å²) in [5, 5.41) is 8.73. The first-order valence-electron chi connectivity index (χ1n) is 9.97. The number of likely N-dealkylation sites (tertiary alicyclic amines) is 1. The Balaban J connectivity index is 1.25. The lowest BCUT2D eigenvalue weighted by atomic mass is 10.1. The summed E-state index contributed by atoms with van der Waals surface area (Å²) >= 11 is 1.61. The molecule has 4 rings (SSSR count). The van der Waals surface area contributed by atoms with Gasteiger partial charge >= 0.3 is 0 Å². The van der Waals surface area contributed by atoms with E-state index in [1.165, 1.54) is 12.8 Å². The summed E-state index contributed by atoms with van der Waals surface area (Å²) in [5.74, 6) is 1.96. The highest BCUT2D eigenvalue weighted by molar-refractivity contribution is 7.13. The largest absolute Gasteiger partial charge is 0.443 e. The number of nitrogens with zero attached hydrogens (tertiary/aromatic N) is 3. The average molecular weight is 402 g/mol. The van der Waals surface area contributed by atoms with Gasteiger partial charge < -0.3 is 20.0 Å². The van der Waals surface area contributed by atoms with E-state index in [0.717, 1.165) is 48.9 Å². The number of carbonyl (C=O) groups is 1. The van der Waals surface area contributed by atoms with Crippen molar-refractivity contribution < 1.29 is 9.21 Å². The van der Waals surface area contributed by atoms with Crippen molar-refractivity contribution in [1.82, 2.24) is 20.5 Å². The normalized spacial score (nSPS) is 20.7. The van der Waals surface area contributed by atoms with Crippen LogP contribution in [0.2, 0.25) is 0 Å². The van der Waals surface area contributed by atoms with Crippen LogP contribution in [0.25, 0.3) is 10.8 Å². The van der Waals surface area contributed by atoms with Gasteiger partial charge in [-0.3, -0.25) is 9.79 Å². The van der Waals surface area contributed by atoms with E-state index >= 15 is 0 Å². The third kappa shape index (κ3) is 4.38. The van der Waals surface area contributed by atoms with Crippen LogP contribution >= 0.6 is 11.3 Å². The summed E-state index contributed by atoms with van der Waals surface area (Å²) in [4.78, 5) is 24.5. The highest BCUT2D eigenvalue weighted by Crippen LogP contribution is 2.28. The van der Waals surface area contributed by atoms with Crippen LogP contribution in [0.4, 0.5) is 0 Å². The molecule has 0 bridgehead atoms. The highest BCUT2D eigenvalue weighted by atomic mass is 32.1. The summed E-state index contributed by atoms with van der Waals surface area (Å²) in [6.45, 7) is 2.12. The van der Waals surface area contributed by atoms with Crippen molar-refractivity contribution in [2.24, 2.45) is 10.9 Å². The molecule has 1 aliphatic heterocycles. The van der Waals surface area contributed by atoms with Gasteiger partial charge in [-0.2, -0.15) is 0 Å². The monoisotopic (exact) mass is 401 g/mol. The Hall–Kier alpha value is -2.35.